The molecule has 0 bridgehead atoms. The van der Waals surface area contributed by atoms with E-state index in [0.717, 1.165) is 11.1 Å². The van der Waals surface area contributed by atoms with E-state index in [-0.39, 0.29) is 11.5 Å². The van der Waals surface area contributed by atoms with E-state index in [1.807, 2.05) is 13.8 Å². The molecule has 4 heteroatoms. The van der Waals surface area contributed by atoms with Crippen molar-refractivity contribution in [3.63, 3.8) is 0 Å². The van der Waals surface area contributed by atoms with E-state index in [4.69, 9.17) is 13.9 Å². The van der Waals surface area contributed by atoms with Gasteiger partial charge in [-0.15, -0.1) is 0 Å². The molecule has 0 aliphatic carbocycles. The Hall–Kier alpha value is -2.75. The molecule has 1 aliphatic rings. The highest BCUT2D eigenvalue weighted by molar-refractivity contribution is 6.14. The van der Waals surface area contributed by atoms with Gasteiger partial charge in [0.15, 0.2) is 5.76 Å². The van der Waals surface area contributed by atoms with Crippen molar-refractivity contribution in [1.82, 2.24) is 0 Å². The molecular formula is C18H16O4. The number of hydrogen-bond donors (Lipinski definition) is 0. The van der Waals surface area contributed by atoms with E-state index < -0.39 is 0 Å². The lowest BCUT2D eigenvalue weighted by atomic mass is 10.1. The highest BCUT2D eigenvalue weighted by Crippen LogP contribution is 2.39. The summed E-state index contributed by atoms with van der Waals surface area (Å²) in [5.41, 5.74) is 2.27. The van der Waals surface area contributed by atoms with Crippen molar-refractivity contribution >= 4 is 11.9 Å². The van der Waals surface area contributed by atoms with Gasteiger partial charge in [0.05, 0.1) is 11.8 Å². The van der Waals surface area contributed by atoms with Crippen LogP contribution in [-0.2, 0) is 0 Å². The van der Waals surface area contributed by atoms with Crippen LogP contribution in [-0.4, -0.2) is 12.4 Å². The molecule has 0 saturated carbocycles. The van der Waals surface area contributed by atoms with E-state index in [9.17, 15) is 4.79 Å². The zero-order chi connectivity index (χ0) is 15.7. The van der Waals surface area contributed by atoms with Crippen LogP contribution in [0.3, 0.4) is 0 Å². The van der Waals surface area contributed by atoms with E-state index in [1.165, 1.54) is 0 Å². The standard InChI is InChI=1S/C18H16O4/c1-11(2)10-21-15-7-6-14-17(19)16(22-18(14)12(15)3)9-13-5-4-8-20-13/h4-9H,1,10H2,2-3H3/b16-9-. The number of allylic oxidation sites excluding steroid dienone is 1. The van der Waals surface area contributed by atoms with Crippen molar-refractivity contribution in [3.05, 3.63) is 65.3 Å². The number of ether oxygens (including phenoxy) is 2. The Kier molecular flexibility index (Phi) is 3.59. The van der Waals surface area contributed by atoms with Gasteiger partial charge in [-0.05, 0) is 43.7 Å². The van der Waals surface area contributed by atoms with Crippen molar-refractivity contribution in [1.29, 1.82) is 0 Å². The largest absolute Gasteiger partial charge is 0.489 e. The molecule has 22 heavy (non-hydrogen) atoms. The van der Waals surface area contributed by atoms with Gasteiger partial charge in [0.25, 0.3) is 0 Å². The monoisotopic (exact) mass is 296 g/mol. The van der Waals surface area contributed by atoms with Crippen molar-refractivity contribution in [3.8, 4) is 11.5 Å². The number of rotatable bonds is 4. The van der Waals surface area contributed by atoms with Gasteiger partial charge in [-0.2, -0.15) is 0 Å². The van der Waals surface area contributed by atoms with Gasteiger partial charge < -0.3 is 13.9 Å². The van der Waals surface area contributed by atoms with Crippen molar-refractivity contribution < 1.29 is 18.7 Å². The lowest BCUT2D eigenvalue weighted by molar-refractivity contribution is 0.101. The van der Waals surface area contributed by atoms with Gasteiger partial charge in [0, 0.05) is 11.6 Å². The predicted octanol–water partition coefficient (Wildman–Crippen LogP) is 4.16. The number of hydrogen-bond acceptors (Lipinski definition) is 4. The first-order valence-electron chi connectivity index (χ1n) is 6.95. The summed E-state index contributed by atoms with van der Waals surface area (Å²) in [5.74, 6) is 1.91. The number of furan rings is 1. The topological polar surface area (TPSA) is 48.7 Å². The predicted molar refractivity (Wildman–Crippen MR) is 83.1 cm³/mol. The minimum atomic E-state index is -0.152. The van der Waals surface area contributed by atoms with Gasteiger partial charge in [-0.25, -0.2) is 0 Å². The Labute approximate surface area is 128 Å². The molecule has 0 saturated heterocycles. The summed E-state index contributed by atoms with van der Waals surface area (Å²) < 4.78 is 16.6. The van der Waals surface area contributed by atoms with E-state index in [2.05, 4.69) is 6.58 Å². The van der Waals surface area contributed by atoms with Crippen LogP contribution < -0.4 is 9.47 Å². The minimum Gasteiger partial charge on any atom is -0.489 e. The Morgan fingerprint density at radius 3 is 2.86 bits per heavy atom. The summed E-state index contributed by atoms with van der Waals surface area (Å²) in [6.07, 6.45) is 3.14. The number of Topliss-reactive ketones (excluding diaryl/α,β-unsaturated/α-hetero) is 1. The molecule has 0 spiro atoms. The fourth-order valence-electron chi connectivity index (χ4n) is 2.23. The summed E-state index contributed by atoms with van der Waals surface area (Å²) in [6.45, 7) is 8.01. The molecule has 2 heterocycles. The van der Waals surface area contributed by atoms with E-state index >= 15 is 0 Å². The van der Waals surface area contributed by atoms with Gasteiger partial charge in [-0.1, -0.05) is 6.58 Å². The molecule has 2 aromatic rings. The van der Waals surface area contributed by atoms with Gasteiger partial charge in [0.1, 0.15) is 23.9 Å². The Morgan fingerprint density at radius 1 is 1.36 bits per heavy atom. The molecule has 0 N–H and O–H groups in total. The number of ketones is 1. The van der Waals surface area contributed by atoms with Gasteiger partial charge in [0.2, 0.25) is 5.78 Å². The molecular weight excluding hydrogens is 280 g/mol. The second-order valence-electron chi connectivity index (χ2n) is 5.27. The van der Waals surface area contributed by atoms with Crippen LogP contribution in [0.4, 0.5) is 0 Å². The summed E-state index contributed by atoms with van der Waals surface area (Å²) in [7, 11) is 0. The van der Waals surface area contributed by atoms with Crippen LogP contribution in [0.2, 0.25) is 0 Å². The fraction of sp³-hybridized carbons (Fsp3) is 0.167. The molecule has 0 radical (unpaired) electrons. The first-order valence-corrected chi connectivity index (χ1v) is 6.95. The molecule has 0 unspecified atom stereocenters. The molecule has 0 atom stereocenters. The zero-order valence-corrected chi connectivity index (χ0v) is 12.5. The lowest BCUT2D eigenvalue weighted by Gasteiger charge is -2.11. The quantitative estimate of drug-likeness (QED) is 0.628. The molecule has 1 aliphatic heterocycles. The molecule has 0 amide bonds. The number of carbonyl (C=O) groups is 1. The first kappa shape index (κ1) is 14.2. The van der Waals surface area contributed by atoms with Gasteiger partial charge in [-0.3, -0.25) is 4.79 Å². The van der Waals surface area contributed by atoms with Crippen LogP contribution in [0.15, 0.2) is 52.9 Å². The Morgan fingerprint density at radius 2 is 2.18 bits per heavy atom. The van der Waals surface area contributed by atoms with Crippen LogP contribution in [0.5, 0.6) is 11.5 Å². The fourth-order valence-corrected chi connectivity index (χ4v) is 2.23. The molecule has 112 valence electrons. The SMILES string of the molecule is C=C(C)COc1ccc2c(c1C)O/C(=C\c1ccco1)C2=O. The number of fused-ring (bicyclic) bond motifs is 1. The third kappa shape index (κ3) is 2.55. The molecule has 1 aromatic carbocycles. The van der Waals surface area contributed by atoms with Gasteiger partial charge >= 0.3 is 0 Å². The van der Waals surface area contributed by atoms with Crippen LogP contribution >= 0.6 is 0 Å². The number of carbonyl (C=O) groups excluding carboxylic acids is 1. The maximum absolute atomic E-state index is 12.4. The average molecular weight is 296 g/mol. The Balaban J connectivity index is 1.92. The highest BCUT2D eigenvalue weighted by Gasteiger charge is 2.30. The molecule has 0 fully saturated rings. The maximum Gasteiger partial charge on any atom is 0.232 e. The maximum atomic E-state index is 12.4. The normalized spacial score (nSPS) is 14.8. The van der Waals surface area contributed by atoms with Crippen LogP contribution in [0, 0.1) is 6.92 Å². The first-order chi connectivity index (χ1) is 10.6. The minimum absolute atomic E-state index is 0.152. The van der Waals surface area contributed by atoms with Crippen LogP contribution in [0.1, 0.15) is 28.6 Å². The highest BCUT2D eigenvalue weighted by atomic mass is 16.5. The summed E-state index contributed by atoms with van der Waals surface area (Å²) >= 11 is 0. The third-order valence-corrected chi connectivity index (χ3v) is 3.33. The van der Waals surface area contributed by atoms with E-state index in [1.54, 1.807) is 36.6 Å². The van der Waals surface area contributed by atoms with Crippen molar-refractivity contribution in [2.75, 3.05) is 6.61 Å². The van der Waals surface area contributed by atoms with E-state index in [0.29, 0.717) is 29.4 Å². The summed E-state index contributed by atoms with van der Waals surface area (Å²) in [6, 6.07) is 7.03. The average Bonchev–Trinajstić information content (AvgIpc) is 3.09. The third-order valence-electron chi connectivity index (χ3n) is 3.33. The molecule has 1 aromatic heterocycles. The molecule has 3 rings (SSSR count). The number of benzene rings is 1. The smallest absolute Gasteiger partial charge is 0.232 e. The Bertz CT molecular complexity index is 767. The second kappa shape index (κ2) is 5.56. The molecule has 4 nitrogen and oxygen atoms in total. The lowest BCUT2D eigenvalue weighted by Crippen LogP contribution is -2.00. The van der Waals surface area contributed by atoms with Crippen molar-refractivity contribution in [2.24, 2.45) is 0 Å². The summed E-state index contributed by atoms with van der Waals surface area (Å²) in [4.78, 5) is 12.4. The van der Waals surface area contributed by atoms with Crippen LogP contribution in [0.25, 0.3) is 6.08 Å². The summed E-state index contributed by atoms with van der Waals surface area (Å²) in [5, 5.41) is 0. The second-order valence-corrected chi connectivity index (χ2v) is 5.27. The zero-order valence-electron chi connectivity index (χ0n) is 12.5. The van der Waals surface area contributed by atoms with Crippen molar-refractivity contribution in [2.45, 2.75) is 13.8 Å².